The number of benzene rings is 2. The van der Waals surface area contributed by atoms with Crippen LogP contribution in [0.25, 0.3) is 0 Å². The standard InChI is InChI=1S/C18H22FNO/c1-2-3-5-14-8-10-17(11-9-14)21-13-18(20)15-6-4-7-16(19)12-15/h4,6-12,18H,2-3,5,13,20H2,1H3. The summed E-state index contributed by atoms with van der Waals surface area (Å²) >= 11 is 0. The molecule has 2 rings (SSSR count). The molecule has 2 nitrogen and oxygen atoms in total. The smallest absolute Gasteiger partial charge is 0.123 e. The van der Waals surface area contributed by atoms with Gasteiger partial charge in [0.15, 0.2) is 0 Å². The first-order valence-electron chi connectivity index (χ1n) is 7.42. The largest absolute Gasteiger partial charge is 0.492 e. The van der Waals surface area contributed by atoms with Gasteiger partial charge in [-0.05, 0) is 48.2 Å². The zero-order valence-corrected chi connectivity index (χ0v) is 12.4. The molecule has 2 N–H and O–H groups in total. The van der Waals surface area contributed by atoms with Crippen LogP contribution in [0.3, 0.4) is 0 Å². The highest BCUT2D eigenvalue weighted by Crippen LogP contribution is 2.17. The van der Waals surface area contributed by atoms with Crippen molar-refractivity contribution in [3.63, 3.8) is 0 Å². The van der Waals surface area contributed by atoms with E-state index in [1.165, 1.54) is 30.5 Å². The van der Waals surface area contributed by atoms with E-state index >= 15 is 0 Å². The zero-order chi connectivity index (χ0) is 15.1. The Morgan fingerprint density at radius 1 is 1.14 bits per heavy atom. The summed E-state index contributed by atoms with van der Waals surface area (Å²) in [6.07, 6.45) is 3.49. The first kappa shape index (κ1) is 15.5. The molecule has 0 aliphatic rings. The van der Waals surface area contributed by atoms with E-state index in [2.05, 4.69) is 19.1 Å². The maximum absolute atomic E-state index is 13.1. The van der Waals surface area contributed by atoms with Gasteiger partial charge in [-0.15, -0.1) is 0 Å². The molecule has 0 radical (unpaired) electrons. The second kappa shape index (κ2) is 7.79. The van der Waals surface area contributed by atoms with Crippen molar-refractivity contribution >= 4 is 0 Å². The van der Waals surface area contributed by atoms with E-state index in [1.807, 2.05) is 18.2 Å². The molecule has 112 valence electrons. The number of aryl methyl sites for hydroxylation is 1. The van der Waals surface area contributed by atoms with Crippen molar-refractivity contribution in [2.75, 3.05) is 6.61 Å². The van der Waals surface area contributed by atoms with Crippen LogP contribution < -0.4 is 10.5 Å². The molecule has 0 saturated heterocycles. The zero-order valence-electron chi connectivity index (χ0n) is 12.4. The second-order valence-corrected chi connectivity index (χ2v) is 5.22. The highest BCUT2D eigenvalue weighted by Gasteiger charge is 2.07. The number of hydrogen-bond donors (Lipinski definition) is 1. The van der Waals surface area contributed by atoms with Gasteiger partial charge < -0.3 is 10.5 Å². The number of rotatable bonds is 7. The average Bonchev–Trinajstić information content (AvgIpc) is 2.51. The molecule has 0 spiro atoms. The van der Waals surface area contributed by atoms with Crippen LogP contribution in [0, 0.1) is 5.82 Å². The van der Waals surface area contributed by atoms with Crippen LogP contribution in [0.2, 0.25) is 0 Å². The molecule has 0 fully saturated rings. The van der Waals surface area contributed by atoms with Gasteiger partial charge in [-0.25, -0.2) is 4.39 Å². The van der Waals surface area contributed by atoms with Crippen LogP contribution in [0.5, 0.6) is 5.75 Å². The van der Waals surface area contributed by atoms with Gasteiger partial charge in [0, 0.05) is 0 Å². The lowest BCUT2D eigenvalue weighted by Gasteiger charge is -2.14. The Bertz CT molecular complexity index is 553. The lowest BCUT2D eigenvalue weighted by Crippen LogP contribution is -2.19. The van der Waals surface area contributed by atoms with Crippen LogP contribution in [-0.2, 0) is 6.42 Å². The molecule has 0 aliphatic carbocycles. The fourth-order valence-corrected chi connectivity index (χ4v) is 2.15. The minimum Gasteiger partial charge on any atom is -0.492 e. The number of hydrogen-bond acceptors (Lipinski definition) is 2. The van der Waals surface area contributed by atoms with E-state index in [4.69, 9.17) is 10.5 Å². The van der Waals surface area contributed by atoms with Gasteiger partial charge in [-0.2, -0.15) is 0 Å². The van der Waals surface area contributed by atoms with Crippen molar-refractivity contribution in [2.45, 2.75) is 32.2 Å². The summed E-state index contributed by atoms with van der Waals surface area (Å²) in [5, 5.41) is 0. The topological polar surface area (TPSA) is 35.2 Å². The number of ether oxygens (including phenoxy) is 1. The van der Waals surface area contributed by atoms with E-state index in [1.54, 1.807) is 6.07 Å². The van der Waals surface area contributed by atoms with E-state index in [9.17, 15) is 4.39 Å². The van der Waals surface area contributed by atoms with Crippen molar-refractivity contribution in [1.82, 2.24) is 0 Å². The molecule has 1 unspecified atom stereocenters. The Hall–Kier alpha value is -1.87. The van der Waals surface area contributed by atoms with Gasteiger partial charge in [0.2, 0.25) is 0 Å². The van der Waals surface area contributed by atoms with Crippen molar-refractivity contribution < 1.29 is 9.13 Å². The molecule has 0 aromatic heterocycles. The van der Waals surface area contributed by atoms with E-state index in [0.717, 1.165) is 17.7 Å². The Balaban J connectivity index is 1.87. The van der Waals surface area contributed by atoms with Crippen LogP contribution in [0.15, 0.2) is 48.5 Å². The van der Waals surface area contributed by atoms with Crippen LogP contribution in [-0.4, -0.2) is 6.61 Å². The fraction of sp³-hybridized carbons (Fsp3) is 0.333. The van der Waals surface area contributed by atoms with E-state index in [0.29, 0.717) is 6.61 Å². The summed E-state index contributed by atoms with van der Waals surface area (Å²) in [6, 6.07) is 14.1. The van der Waals surface area contributed by atoms with Crippen LogP contribution >= 0.6 is 0 Å². The molecule has 0 heterocycles. The molecular weight excluding hydrogens is 265 g/mol. The molecule has 3 heteroatoms. The summed E-state index contributed by atoms with van der Waals surface area (Å²) in [7, 11) is 0. The van der Waals surface area contributed by atoms with E-state index < -0.39 is 0 Å². The van der Waals surface area contributed by atoms with Crippen LogP contribution in [0.4, 0.5) is 4.39 Å². The maximum atomic E-state index is 13.1. The van der Waals surface area contributed by atoms with E-state index in [-0.39, 0.29) is 11.9 Å². The summed E-state index contributed by atoms with van der Waals surface area (Å²) in [5.74, 6) is 0.519. The van der Waals surface area contributed by atoms with Crippen molar-refractivity contribution in [1.29, 1.82) is 0 Å². The molecule has 1 atom stereocenters. The van der Waals surface area contributed by atoms with Crippen molar-refractivity contribution in [3.05, 3.63) is 65.5 Å². The predicted octanol–water partition coefficient (Wildman–Crippen LogP) is 4.25. The monoisotopic (exact) mass is 287 g/mol. The van der Waals surface area contributed by atoms with Gasteiger partial charge >= 0.3 is 0 Å². The summed E-state index contributed by atoms with van der Waals surface area (Å²) in [5.41, 5.74) is 8.08. The van der Waals surface area contributed by atoms with Crippen LogP contribution in [0.1, 0.15) is 36.9 Å². The predicted molar refractivity (Wildman–Crippen MR) is 83.9 cm³/mol. The molecule has 21 heavy (non-hydrogen) atoms. The number of nitrogens with two attached hydrogens (primary N) is 1. The molecule has 2 aromatic rings. The Labute approximate surface area is 125 Å². The van der Waals surface area contributed by atoms with Gasteiger partial charge in [-0.1, -0.05) is 37.6 Å². The number of halogens is 1. The molecule has 0 aliphatic heterocycles. The van der Waals surface area contributed by atoms with Gasteiger partial charge in [0.05, 0.1) is 6.04 Å². The fourth-order valence-electron chi connectivity index (χ4n) is 2.15. The summed E-state index contributed by atoms with van der Waals surface area (Å²) in [4.78, 5) is 0. The quantitative estimate of drug-likeness (QED) is 0.826. The third-order valence-corrected chi connectivity index (χ3v) is 3.45. The molecule has 2 aromatic carbocycles. The lowest BCUT2D eigenvalue weighted by atomic mass is 10.1. The SMILES string of the molecule is CCCCc1ccc(OCC(N)c2cccc(F)c2)cc1. The third kappa shape index (κ3) is 4.87. The third-order valence-electron chi connectivity index (χ3n) is 3.45. The molecule has 0 bridgehead atoms. The first-order valence-corrected chi connectivity index (χ1v) is 7.42. The minimum atomic E-state index is -0.333. The highest BCUT2D eigenvalue weighted by molar-refractivity contribution is 5.28. The summed E-state index contributed by atoms with van der Waals surface area (Å²) in [6.45, 7) is 2.52. The first-order chi connectivity index (χ1) is 10.2. The highest BCUT2D eigenvalue weighted by atomic mass is 19.1. The lowest BCUT2D eigenvalue weighted by molar-refractivity contribution is 0.290. The number of unbranched alkanes of at least 4 members (excludes halogenated alkanes) is 1. The van der Waals surface area contributed by atoms with Crippen molar-refractivity contribution in [2.24, 2.45) is 5.73 Å². The minimum absolute atomic E-state index is 0.275. The molecule has 0 amide bonds. The normalized spacial score (nSPS) is 12.1. The van der Waals surface area contributed by atoms with Gasteiger partial charge in [0.1, 0.15) is 18.2 Å². The maximum Gasteiger partial charge on any atom is 0.123 e. The molecule has 0 saturated carbocycles. The Morgan fingerprint density at radius 3 is 2.57 bits per heavy atom. The Morgan fingerprint density at radius 2 is 1.90 bits per heavy atom. The van der Waals surface area contributed by atoms with Gasteiger partial charge in [-0.3, -0.25) is 0 Å². The average molecular weight is 287 g/mol. The molecular formula is C18H22FNO. The van der Waals surface area contributed by atoms with Crippen molar-refractivity contribution in [3.8, 4) is 5.75 Å². The Kier molecular flexibility index (Phi) is 5.76. The van der Waals surface area contributed by atoms with Gasteiger partial charge in [0.25, 0.3) is 0 Å². The summed E-state index contributed by atoms with van der Waals surface area (Å²) < 4.78 is 18.8. The second-order valence-electron chi connectivity index (χ2n) is 5.22.